The Morgan fingerprint density at radius 3 is 2.48 bits per heavy atom. The second-order valence-electron chi connectivity index (χ2n) is 7.16. The van der Waals surface area contributed by atoms with Gasteiger partial charge in [-0.15, -0.1) is 0 Å². The maximum absolute atomic E-state index is 13.0. The van der Waals surface area contributed by atoms with Crippen molar-refractivity contribution < 1.29 is 13.9 Å². The van der Waals surface area contributed by atoms with Crippen LogP contribution in [0.1, 0.15) is 30.9 Å². The third-order valence-electron chi connectivity index (χ3n) is 5.16. The lowest BCUT2D eigenvalue weighted by atomic mass is 10.0. The zero-order chi connectivity index (χ0) is 20.1. The summed E-state index contributed by atoms with van der Waals surface area (Å²) < 4.78 is 18.8. The molecule has 0 unspecified atom stereocenters. The fraction of sp³-hybridized carbons (Fsp3) is 0.318. The first-order valence-electron chi connectivity index (χ1n) is 9.83. The van der Waals surface area contributed by atoms with Gasteiger partial charge in [-0.2, -0.15) is 15.0 Å². The van der Waals surface area contributed by atoms with E-state index in [1.165, 1.54) is 12.1 Å². The van der Waals surface area contributed by atoms with Gasteiger partial charge in [0, 0.05) is 19.5 Å². The van der Waals surface area contributed by atoms with Gasteiger partial charge in [0.25, 0.3) is 0 Å². The Balaban J connectivity index is 1.27. The van der Waals surface area contributed by atoms with E-state index < -0.39 is 0 Å². The molecule has 0 atom stereocenters. The zero-order valence-electron chi connectivity index (χ0n) is 16.1. The summed E-state index contributed by atoms with van der Waals surface area (Å²) in [7, 11) is 0. The summed E-state index contributed by atoms with van der Waals surface area (Å²) in [5.41, 5.74) is 1.04. The quantitative estimate of drug-likeness (QED) is 0.634. The van der Waals surface area contributed by atoms with Crippen LogP contribution in [0.2, 0.25) is 0 Å². The molecule has 0 spiro atoms. The summed E-state index contributed by atoms with van der Waals surface area (Å²) in [5, 5.41) is 8.40. The monoisotopic (exact) mass is 394 g/mol. The summed E-state index contributed by atoms with van der Waals surface area (Å²) in [6.07, 6.45) is 6.24. The van der Waals surface area contributed by atoms with Crippen molar-refractivity contribution >= 4 is 5.91 Å². The molecule has 4 rings (SSSR count). The Hall–Kier alpha value is -3.22. The van der Waals surface area contributed by atoms with E-state index in [1.807, 2.05) is 29.2 Å². The Kier molecular flexibility index (Phi) is 5.84. The standard InChI is InChI=1S/C22H23FN4O2/c23-18-5-7-20(8-6-18)29-21-3-1-2-17(16-21)4-9-22(28)26-14-10-19(11-15-26)27-24-12-13-25-27/h1-3,5-8,12-13,16,19H,4,9-11,14-15H2. The number of amides is 1. The largest absolute Gasteiger partial charge is 0.457 e. The second-order valence-corrected chi connectivity index (χ2v) is 7.16. The highest BCUT2D eigenvalue weighted by atomic mass is 19.1. The Morgan fingerprint density at radius 2 is 1.76 bits per heavy atom. The Morgan fingerprint density at radius 1 is 1.03 bits per heavy atom. The number of carbonyl (C=O) groups excluding carboxylic acids is 1. The molecule has 2 aromatic carbocycles. The van der Waals surface area contributed by atoms with Gasteiger partial charge in [-0.05, 0) is 61.2 Å². The minimum atomic E-state index is -0.297. The van der Waals surface area contributed by atoms with Gasteiger partial charge in [0.2, 0.25) is 5.91 Å². The zero-order valence-corrected chi connectivity index (χ0v) is 16.1. The number of benzene rings is 2. The molecule has 1 amide bonds. The van der Waals surface area contributed by atoms with E-state index in [0.717, 1.165) is 31.5 Å². The highest BCUT2D eigenvalue weighted by Gasteiger charge is 2.24. The smallest absolute Gasteiger partial charge is 0.222 e. The first-order chi connectivity index (χ1) is 14.2. The molecule has 0 saturated carbocycles. The number of likely N-dealkylation sites (tertiary alicyclic amines) is 1. The van der Waals surface area contributed by atoms with Crippen LogP contribution < -0.4 is 4.74 Å². The van der Waals surface area contributed by atoms with E-state index in [9.17, 15) is 9.18 Å². The normalized spacial score (nSPS) is 14.7. The lowest BCUT2D eigenvalue weighted by Crippen LogP contribution is -2.39. The molecule has 1 aliphatic heterocycles. The van der Waals surface area contributed by atoms with E-state index in [0.29, 0.717) is 24.3 Å². The van der Waals surface area contributed by atoms with Crippen LogP contribution in [-0.4, -0.2) is 38.9 Å². The van der Waals surface area contributed by atoms with Gasteiger partial charge in [-0.1, -0.05) is 12.1 Å². The molecule has 6 nitrogen and oxygen atoms in total. The molecule has 0 bridgehead atoms. The van der Waals surface area contributed by atoms with Crippen LogP contribution in [0, 0.1) is 5.82 Å². The molecule has 1 saturated heterocycles. The third-order valence-corrected chi connectivity index (χ3v) is 5.16. The lowest BCUT2D eigenvalue weighted by Gasteiger charge is -2.31. The fourth-order valence-corrected chi connectivity index (χ4v) is 3.57. The highest BCUT2D eigenvalue weighted by molar-refractivity contribution is 5.76. The summed E-state index contributed by atoms with van der Waals surface area (Å²) >= 11 is 0. The van der Waals surface area contributed by atoms with E-state index in [1.54, 1.807) is 29.3 Å². The molecule has 0 N–H and O–H groups in total. The van der Waals surface area contributed by atoms with E-state index in [2.05, 4.69) is 10.2 Å². The number of hydrogen-bond donors (Lipinski definition) is 0. The highest BCUT2D eigenvalue weighted by Crippen LogP contribution is 2.24. The van der Waals surface area contributed by atoms with Gasteiger partial charge in [0.1, 0.15) is 17.3 Å². The molecule has 0 aliphatic carbocycles. The molecule has 2 heterocycles. The molecule has 0 radical (unpaired) electrons. The van der Waals surface area contributed by atoms with Crippen molar-refractivity contribution in [3.8, 4) is 11.5 Å². The van der Waals surface area contributed by atoms with Gasteiger partial charge in [0.05, 0.1) is 18.4 Å². The summed E-state index contributed by atoms with van der Waals surface area (Å²) in [4.78, 5) is 16.3. The average Bonchev–Trinajstić information content (AvgIpc) is 3.29. The molecule has 150 valence electrons. The molecule has 7 heteroatoms. The van der Waals surface area contributed by atoms with E-state index in [-0.39, 0.29) is 17.8 Å². The molecular weight excluding hydrogens is 371 g/mol. The first-order valence-corrected chi connectivity index (χ1v) is 9.83. The summed E-state index contributed by atoms with van der Waals surface area (Å²) in [6, 6.07) is 13.8. The van der Waals surface area contributed by atoms with Crippen molar-refractivity contribution in [1.29, 1.82) is 0 Å². The number of piperidine rings is 1. The molecule has 29 heavy (non-hydrogen) atoms. The lowest BCUT2D eigenvalue weighted by molar-refractivity contribution is -0.132. The molecule has 3 aromatic rings. The first kappa shape index (κ1) is 19.1. The number of halogens is 1. The number of nitrogens with zero attached hydrogens (tertiary/aromatic N) is 4. The van der Waals surface area contributed by atoms with Gasteiger partial charge in [-0.25, -0.2) is 4.39 Å². The molecule has 1 fully saturated rings. The predicted octanol–water partition coefficient (Wildman–Crippen LogP) is 4.01. The Bertz CT molecular complexity index is 936. The van der Waals surface area contributed by atoms with E-state index in [4.69, 9.17) is 4.74 Å². The van der Waals surface area contributed by atoms with Crippen molar-refractivity contribution in [1.82, 2.24) is 19.9 Å². The molecule has 1 aliphatic rings. The summed E-state index contributed by atoms with van der Waals surface area (Å²) in [6.45, 7) is 1.47. The van der Waals surface area contributed by atoms with Gasteiger partial charge < -0.3 is 9.64 Å². The molecule has 1 aromatic heterocycles. The van der Waals surface area contributed by atoms with Gasteiger partial charge >= 0.3 is 0 Å². The maximum atomic E-state index is 13.0. The number of carbonyl (C=O) groups is 1. The van der Waals surface area contributed by atoms with Crippen molar-refractivity contribution in [2.75, 3.05) is 13.1 Å². The topological polar surface area (TPSA) is 60.2 Å². The van der Waals surface area contributed by atoms with Crippen molar-refractivity contribution in [2.24, 2.45) is 0 Å². The van der Waals surface area contributed by atoms with Gasteiger partial charge in [-0.3, -0.25) is 4.79 Å². The van der Waals surface area contributed by atoms with Crippen LogP contribution in [0.4, 0.5) is 4.39 Å². The van der Waals surface area contributed by atoms with Crippen molar-refractivity contribution in [3.63, 3.8) is 0 Å². The molecular formula is C22H23FN4O2. The van der Waals surface area contributed by atoms with Crippen LogP contribution in [0.3, 0.4) is 0 Å². The van der Waals surface area contributed by atoms with Crippen molar-refractivity contribution in [3.05, 3.63) is 72.3 Å². The van der Waals surface area contributed by atoms with E-state index >= 15 is 0 Å². The minimum Gasteiger partial charge on any atom is -0.457 e. The number of hydrogen-bond acceptors (Lipinski definition) is 4. The van der Waals surface area contributed by atoms with Crippen LogP contribution in [0.25, 0.3) is 0 Å². The third kappa shape index (κ3) is 4.99. The number of aryl methyl sites for hydroxylation is 1. The number of rotatable bonds is 6. The fourth-order valence-electron chi connectivity index (χ4n) is 3.57. The summed E-state index contributed by atoms with van der Waals surface area (Å²) in [5.74, 6) is 1.12. The number of aromatic nitrogens is 3. The second kappa shape index (κ2) is 8.86. The van der Waals surface area contributed by atoms with Crippen LogP contribution in [0.15, 0.2) is 60.9 Å². The van der Waals surface area contributed by atoms with Crippen LogP contribution in [0.5, 0.6) is 11.5 Å². The van der Waals surface area contributed by atoms with Crippen LogP contribution in [-0.2, 0) is 11.2 Å². The number of ether oxygens (including phenoxy) is 1. The minimum absolute atomic E-state index is 0.168. The predicted molar refractivity (Wildman–Crippen MR) is 106 cm³/mol. The van der Waals surface area contributed by atoms with Crippen molar-refractivity contribution in [2.45, 2.75) is 31.7 Å². The van der Waals surface area contributed by atoms with Gasteiger partial charge in [0.15, 0.2) is 0 Å². The average molecular weight is 394 g/mol. The van der Waals surface area contributed by atoms with Crippen LogP contribution >= 0.6 is 0 Å². The maximum Gasteiger partial charge on any atom is 0.222 e. The SMILES string of the molecule is O=C(CCc1cccc(Oc2ccc(F)cc2)c1)N1CCC(n2nccn2)CC1. The Labute approximate surface area is 168 Å².